The molecule has 2 rings (SSSR count). The van der Waals surface area contributed by atoms with Crippen molar-refractivity contribution < 1.29 is 0 Å². The topological polar surface area (TPSA) is 71.5 Å². The van der Waals surface area contributed by atoms with E-state index in [4.69, 9.17) is 0 Å². The summed E-state index contributed by atoms with van der Waals surface area (Å²) in [6.45, 7) is 6.35. The lowest BCUT2D eigenvalue weighted by atomic mass is 9.91. The van der Waals surface area contributed by atoms with Crippen LogP contribution in [0.25, 0.3) is 11.2 Å². The van der Waals surface area contributed by atoms with Gasteiger partial charge in [0.2, 0.25) is 0 Å². The highest BCUT2D eigenvalue weighted by molar-refractivity contribution is 5.67. The number of nitrogens with zero attached hydrogens (tertiary/aromatic N) is 3. The molecule has 2 aromatic heterocycles. The molecule has 0 aliphatic heterocycles. The minimum Gasteiger partial charge on any atom is -0.311 e. The summed E-state index contributed by atoms with van der Waals surface area (Å²) >= 11 is 0. The quantitative estimate of drug-likeness (QED) is 0.783. The number of aromatic amines is 1. The number of hydrogen-bond donors (Lipinski definition) is 1. The molecule has 5 heteroatoms. The molecular formula is C11H14N4O. The first kappa shape index (κ1) is 10.7. The number of rotatable bonds is 1. The lowest BCUT2D eigenvalue weighted by Crippen LogP contribution is -2.14. The third-order valence-corrected chi connectivity index (χ3v) is 2.11. The Balaban J connectivity index is 2.52. The predicted octanol–water partition coefficient (Wildman–Crippen LogP) is 1.30. The maximum atomic E-state index is 11.5. The zero-order chi connectivity index (χ0) is 11.8. The number of nitrogens with one attached hydrogen (secondary N) is 1. The van der Waals surface area contributed by atoms with Gasteiger partial charge in [-0.1, -0.05) is 20.8 Å². The number of H-pyrrole nitrogens is 1. The van der Waals surface area contributed by atoms with Crippen molar-refractivity contribution in [1.82, 2.24) is 19.9 Å². The first-order valence-corrected chi connectivity index (χ1v) is 5.15. The van der Waals surface area contributed by atoms with Gasteiger partial charge in [-0.05, 0) is 11.8 Å². The second-order valence-corrected chi connectivity index (χ2v) is 5.00. The van der Waals surface area contributed by atoms with Crippen molar-refractivity contribution in [3.63, 3.8) is 0 Å². The van der Waals surface area contributed by atoms with Crippen LogP contribution in [0.4, 0.5) is 0 Å². The molecule has 0 unspecified atom stereocenters. The van der Waals surface area contributed by atoms with Gasteiger partial charge in [0.15, 0.2) is 11.2 Å². The minimum atomic E-state index is -0.242. The van der Waals surface area contributed by atoms with Gasteiger partial charge in [0.1, 0.15) is 0 Å². The fourth-order valence-electron chi connectivity index (χ4n) is 1.51. The highest BCUT2D eigenvalue weighted by Crippen LogP contribution is 2.19. The zero-order valence-corrected chi connectivity index (χ0v) is 9.61. The summed E-state index contributed by atoms with van der Waals surface area (Å²) in [5.41, 5.74) is 1.40. The summed E-state index contributed by atoms with van der Waals surface area (Å²) in [5, 5.41) is 0. The Bertz CT molecular complexity index is 568. The molecular weight excluding hydrogens is 204 g/mol. The van der Waals surface area contributed by atoms with E-state index < -0.39 is 0 Å². The van der Waals surface area contributed by atoms with E-state index in [9.17, 15) is 4.79 Å². The molecule has 0 saturated carbocycles. The summed E-state index contributed by atoms with van der Waals surface area (Å²) in [7, 11) is 0. The molecule has 0 aromatic carbocycles. The fourth-order valence-corrected chi connectivity index (χ4v) is 1.51. The van der Waals surface area contributed by atoms with Crippen LogP contribution in [-0.4, -0.2) is 19.9 Å². The van der Waals surface area contributed by atoms with E-state index in [-0.39, 0.29) is 11.0 Å². The predicted molar refractivity (Wildman–Crippen MR) is 61.1 cm³/mol. The van der Waals surface area contributed by atoms with Crippen LogP contribution >= 0.6 is 0 Å². The zero-order valence-electron chi connectivity index (χ0n) is 9.61. The van der Waals surface area contributed by atoms with Crippen molar-refractivity contribution in [2.75, 3.05) is 0 Å². The van der Waals surface area contributed by atoms with Gasteiger partial charge in [-0.25, -0.2) is 15.0 Å². The van der Waals surface area contributed by atoms with Gasteiger partial charge >= 0.3 is 0 Å². The lowest BCUT2D eigenvalue weighted by Gasteiger charge is -2.16. The van der Waals surface area contributed by atoms with Crippen molar-refractivity contribution in [3.05, 3.63) is 28.6 Å². The SMILES string of the molecule is CC(C)(C)Cc1cnc2nc[nH]c(=O)c2n1. The van der Waals surface area contributed by atoms with Crippen molar-refractivity contribution >= 4 is 11.2 Å². The second-order valence-electron chi connectivity index (χ2n) is 5.00. The summed E-state index contributed by atoms with van der Waals surface area (Å²) in [6.07, 6.45) is 3.80. The molecule has 2 aromatic rings. The molecule has 0 bridgehead atoms. The molecule has 0 aliphatic rings. The van der Waals surface area contributed by atoms with Crippen molar-refractivity contribution in [2.24, 2.45) is 5.41 Å². The van der Waals surface area contributed by atoms with Crippen molar-refractivity contribution in [1.29, 1.82) is 0 Å². The van der Waals surface area contributed by atoms with Crippen LogP contribution in [0, 0.1) is 5.41 Å². The highest BCUT2D eigenvalue weighted by Gasteiger charge is 2.13. The summed E-state index contributed by atoms with van der Waals surface area (Å²) < 4.78 is 0. The average molecular weight is 218 g/mol. The Labute approximate surface area is 93.0 Å². The summed E-state index contributed by atoms with van der Waals surface area (Å²) in [6, 6.07) is 0. The largest absolute Gasteiger partial charge is 0.311 e. The molecule has 5 nitrogen and oxygen atoms in total. The third kappa shape index (κ3) is 2.24. The van der Waals surface area contributed by atoms with Gasteiger partial charge in [0.25, 0.3) is 5.56 Å². The van der Waals surface area contributed by atoms with Gasteiger partial charge in [0.05, 0.1) is 18.2 Å². The standard InChI is InChI=1S/C11H14N4O/c1-11(2,3)4-7-5-12-9-8(15-7)10(16)14-6-13-9/h5-6H,4H2,1-3H3,(H,12,13,14,16). The normalized spacial score (nSPS) is 11.9. The Morgan fingerprint density at radius 2 is 2.06 bits per heavy atom. The number of aromatic nitrogens is 4. The molecule has 0 aliphatic carbocycles. The molecule has 0 spiro atoms. The van der Waals surface area contributed by atoms with Gasteiger partial charge in [-0.2, -0.15) is 0 Å². The molecule has 84 valence electrons. The van der Waals surface area contributed by atoms with E-state index in [0.717, 1.165) is 12.1 Å². The molecule has 2 heterocycles. The third-order valence-electron chi connectivity index (χ3n) is 2.11. The van der Waals surface area contributed by atoms with Gasteiger partial charge in [-0.3, -0.25) is 4.79 Å². The number of hydrogen-bond acceptors (Lipinski definition) is 4. The average Bonchev–Trinajstić information content (AvgIpc) is 2.17. The first-order valence-electron chi connectivity index (χ1n) is 5.15. The molecule has 0 fully saturated rings. The van der Waals surface area contributed by atoms with E-state index in [1.807, 2.05) is 0 Å². The van der Waals surface area contributed by atoms with Crippen molar-refractivity contribution in [3.8, 4) is 0 Å². The highest BCUT2D eigenvalue weighted by atomic mass is 16.1. The van der Waals surface area contributed by atoms with Gasteiger partial charge in [0, 0.05) is 0 Å². The van der Waals surface area contributed by atoms with Crippen molar-refractivity contribution in [2.45, 2.75) is 27.2 Å². The van der Waals surface area contributed by atoms with E-state index in [1.165, 1.54) is 6.33 Å². The van der Waals surface area contributed by atoms with E-state index in [1.54, 1.807) is 6.20 Å². The smallest absolute Gasteiger partial charge is 0.278 e. The maximum Gasteiger partial charge on any atom is 0.278 e. The van der Waals surface area contributed by atoms with Crippen LogP contribution in [-0.2, 0) is 6.42 Å². The Kier molecular flexibility index (Phi) is 2.46. The molecule has 1 N–H and O–H groups in total. The summed E-state index contributed by atoms with van der Waals surface area (Å²) in [4.78, 5) is 26.4. The molecule has 0 atom stereocenters. The molecule has 0 radical (unpaired) electrons. The Morgan fingerprint density at radius 1 is 1.31 bits per heavy atom. The number of fused-ring (bicyclic) bond motifs is 1. The molecule has 0 amide bonds. The lowest BCUT2D eigenvalue weighted by molar-refractivity contribution is 0.406. The van der Waals surface area contributed by atoms with E-state index in [2.05, 4.69) is 40.7 Å². The van der Waals surface area contributed by atoms with E-state index in [0.29, 0.717) is 11.2 Å². The minimum absolute atomic E-state index is 0.122. The maximum absolute atomic E-state index is 11.5. The fraction of sp³-hybridized carbons (Fsp3) is 0.455. The van der Waals surface area contributed by atoms with Crippen LogP contribution in [0.2, 0.25) is 0 Å². The van der Waals surface area contributed by atoms with E-state index >= 15 is 0 Å². The van der Waals surface area contributed by atoms with Gasteiger partial charge < -0.3 is 4.98 Å². The Morgan fingerprint density at radius 3 is 2.75 bits per heavy atom. The second kappa shape index (κ2) is 3.66. The monoisotopic (exact) mass is 218 g/mol. The Hall–Kier alpha value is -1.78. The molecule has 16 heavy (non-hydrogen) atoms. The van der Waals surface area contributed by atoms with Crippen LogP contribution in [0.15, 0.2) is 17.3 Å². The molecule has 0 saturated heterocycles. The van der Waals surface area contributed by atoms with Crippen LogP contribution < -0.4 is 5.56 Å². The summed E-state index contributed by atoms with van der Waals surface area (Å²) in [5.74, 6) is 0. The van der Waals surface area contributed by atoms with Crippen LogP contribution in [0.5, 0.6) is 0 Å². The van der Waals surface area contributed by atoms with Crippen LogP contribution in [0.3, 0.4) is 0 Å². The first-order chi connectivity index (χ1) is 7.46. The van der Waals surface area contributed by atoms with Gasteiger partial charge in [-0.15, -0.1) is 0 Å². The van der Waals surface area contributed by atoms with Crippen LogP contribution in [0.1, 0.15) is 26.5 Å².